The number of ether oxygens (including phenoxy) is 1. The normalized spacial score (nSPS) is 11.8. The summed E-state index contributed by atoms with van der Waals surface area (Å²) >= 11 is 3.23. The summed E-state index contributed by atoms with van der Waals surface area (Å²) in [5.41, 5.74) is -2.19. The number of para-hydroxylation sites is 1. The lowest BCUT2D eigenvalue weighted by Crippen LogP contribution is -2.26. The Morgan fingerprint density at radius 1 is 1.00 bits per heavy atom. The number of fused-ring (bicyclic) bond motifs is 1. The Bertz CT molecular complexity index is 1830. The van der Waals surface area contributed by atoms with E-state index in [-0.39, 0.29) is 41.0 Å². The molecule has 0 fully saturated rings. The third-order valence-electron chi connectivity index (χ3n) is 6.14. The Morgan fingerprint density at radius 3 is 2.40 bits per heavy atom. The first-order chi connectivity index (χ1) is 19.1. The minimum atomic E-state index is -4.73. The van der Waals surface area contributed by atoms with E-state index in [1.54, 1.807) is 6.92 Å². The second-order valence-electron chi connectivity index (χ2n) is 8.69. The van der Waals surface area contributed by atoms with Gasteiger partial charge in [-0.05, 0) is 46.6 Å². The first-order valence-electron chi connectivity index (χ1n) is 12.0. The summed E-state index contributed by atoms with van der Waals surface area (Å²) in [6, 6.07) is 14.8. The van der Waals surface area contributed by atoms with E-state index in [1.807, 2.05) is 30.3 Å². The van der Waals surface area contributed by atoms with Gasteiger partial charge in [0.25, 0.3) is 5.56 Å². The van der Waals surface area contributed by atoms with Gasteiger partial charge in [0, 0.05) is 12.7 Å². The molecule has 0 unspecified atom stereocenters. The zero-order valence-electron chi connectivity index (χ0n) is 20.8. The van der Waals surface area contributed by atoms with Gasteiger partial charge in [0.05, 0.1) is 33.2 Å². The molecule has 0 radical (unpaired) electrons. The third-order valence-corrected chi connectivity index (χ3v) is 6.72. The molecule has 0 N–H and O–H groups in total. The average Bonchev–Trinajstić information content (AvgIpc) is 3.25. The second kappa shape index (κ2) is 10.8. The minimum absolute atomic E-state index is 0.0345. The minimum Gasteiger partial charge on any atom is -0.369 e. The largest absolute Gasteiger partial charge is 0.418 e. The standard InChI is InChI=1S/C27H20BrF4N5O3/c1-2-35-22(15-40-14-16-8-4-3-5-9-16)34-37(26(35)39)24-20(29)12-17-23(33-24)19(28)13-36(25(17)38)21-11-7-6-10-18(21)27(30,31)32/h3-13H,2,14-15H2,1H3. The zero-order valence-corrected chi connectivity index (χ0v) is 22.4. The first kappa shape index (κ1) is 27.5. The van der Waals surface area contributed by atoms with E-state index >= 15 is 4.39 Å². The molecule has 0 saturated heterocycles. The third kappa shape index (κ3) is 5.09. The van der Waals surface area contributed by atoms with Gasteiger partial charge in [0.2, 0.25) is 0 Å². The van der Waals surface area contributed by atoms with Crippen LogP contribution in [-0.2, 0) is 30.7 Å². The lowest BCUT2D eigenvalue weighted by Gasteiger charge is -2.15. The van der Waals surface area contributed by atoms with Gasteiger partial charge in [-0.15, -0.1) is 5.10 Å². The zero-order chi connectivity index (χ0) is 28.6. The van der Waals surface area contributed by atoms with Crippen molar-refractivity contribution in [3.05, 3.63) is 115 Å². The number of aromatic nitrogens is 5. The SMILES string of the molecule is CCn1c(COCc2ccccc2)nn(-c2nc3c(Br)cn(-c4ccccc4C(F)(F)F)c(=O)c3cc2F)c1=O. The maximum absolute atomic E-state index is 15.4. The summed E-state index contributed by atoms with van der Waals surface area (Å²) < 4.78 is 64.8. The van der Waals surface area contributed by atoms with Crippen LogP contribution in [0.3, 0.4) is 0 Å². The summed E-state index contributed by atoms with van der Waals surface area (Å²) in [6.07, 6.45) is -3.60. The van der Waals surface area contributed by atoms with Crippen LogP contribution in [0.1, 0.15) is 23.9 Å². The fraction of sp³-hybridized carbons (Fsp3) is 0.185. The van der Waals surface area contributed by atoms with Crippen molar-refractivity contribution < 1.29 is 22.3 Å². The number of benzene rings is 2. The van der Waals surface area contributed by atoms with Crippen LogP contribution in [0.25, 0.3) is 22.4 Å². The van der Waals surface area contributed by atoms with E-state index in [2.05, 4.69) is 26.0 Å². The molecule has 3 heterocycles. The Labute approximate surface area is 232 Å². The lowest BCUT2D eigenvalue weighted by atomic mass is 10.1. The summed E-state index contributed by atoms with van der Waals surface area (Å²) in [4.78, 5) is 30.5. The van der Waals surface area contributed by atoms with Gasteiger partial charge in [-0.25, -0.2) is 14.2 Å². The Balaban J connectivity index is 1.57. The molecule has 206 valence electrons. The van der Waals surface area contributed by atoms with Crippen LogP contribution in [0.15, 0.2) is 80.9 Å². The topological polar surface area (TPSA) is 83.9 Å². The van der Waals surface area contributed by atoms with Gasteiger partial charge >= 0.3 is 11.9 Å². The van der Waals surface area contributed by atoms with Crippen LogP contribution >= 0.6 is 15.9 Å². The molecule has 40 heavy (non-hydrogen) atoms. The van der Waals surface area contributed by atoms with E-state index in [1.165, 1.54) is 16.7 Å². The van der Waals surface area contributed by atoms with Crippen molar-refractivity contribution in [2.45, 2.75) is 32.9 Å². The monoisotopic (exact) mass is 617 g/mol. The van der Waals surface area contributed by atoms with E-state index < -0.39 is 40.3 Å². The van der Waals surface area contributed by atoms with Crippen molar-refractivity contribution in [2.75, 3.05) is 0 Å². The number of hydrogen-bond acceptors (Lipinski definition) is 5. The molecule has 8 nitrogen and oxygen atoms in total. The molecule has 3 aromatic heterocycles. The predicted octanol–water partition coefficient (Wildman–Crippen LogP) is 5.39. The summed E-state index contributed by atoms with van der Waals surface area (Å²) in [6.45, 7) is 2.18. The van der Waals surface area contributed by atoms with E-state index in [9.17, 15) is 22.8 Å². The predicted molar refractivity (Wildman–Crippen MR) is 142 cm³/mol. The van der Waals surface area contributed by atoms with E-state index in [0.717, 1.165) is 39.2 Å². The summed E-state index contributed by atoms with van der Waals surface area (Å²) in [5, 5.41) is 3.93. The Morgan fingerprint density at radius 2 is 1.70 bits per heavy atom. The van der Waals surface area contributed by atoms with Gasteiger partial charge in [-0.3, -0.25) is 13.9 Å². The number of hydrogen-bond donors (Lipinski definition) is 0. The summed E-state index contributed by atoms with van der Waals surface area (Å²) in [7, 11) is 0. The summed E-state index contributed by atoms with van der Waals surface area (Å²) in [5.74, 6) is -1.29. The Kier molecular flexibility index (Phi) is 7.43. The number of alkyl halides is 3. The molecule has 0 spiro atoms. The quantitative estimate of drug-likeness (QED) is 0.229. The maximum Gasteiger partial charge on any atom is 0.418 e. The first-order valence-corrected chi connectivity index (χ1v) is 12.8. The molecule has 0 bridgehead atoms. The average molecular weight is 618 g/mol. The van der Waals surface area contributed by atoms with Crippen molar-refractivity contribution in [3.8, 4) is 11.5 Å². The van der Waals surface area contributed by atoms with E-state index in [4.69, 9.17) is 4.74 Å². The maximum atomic E-state index is 15.4. The fourth-order valence-electron chi connectivity index (χ4n) is 4.27. The van der Waals surface area contributed by atoms with Gasteiger partial charge in [-0.2, -0.15) is 17.9 Å². The van der Waals surface area contributed by atoms with Gasteiger partial charge in [0.15, 0.2) is 17.5 Å². The van der Waals surface area contributed by atoms with Gasteiger partial charge < -0.3 is 4.74 Å². The molecule has 0 amide bonds. The molecule has 13 heteroatoms. The molecule has 0 aliphatic heterocycles. The molecule has 5 aromatic rings. The van der Waals surface area contributed by atoms with Gasteiger partial charge in [0.1, 0.15) is 6.61 Å². The second-order valence-corrected chi connectivity index (χ2v) is 9.54. The highest BCUT2D eigenvalue weighted by molar-refractivity contribution is 9.10. The molecule has 0 atom stereocenters. The highest BCUT2D eigenvalue weighted by Crippen LogP contribution is 2.34. The molecule has 5 rings (SSSR count). The van der Waals surface area contributed by atoms with Crippen LogP contribution in [0.2, 0.25) is 0 Å². The molecular formula is C27H20BrF4N5O3. The van der Waals surface area contributed by atoms with Crippen LogP contribution in [0.5, 0.6) is 0 Å². The number of nitrogens with zero attached hydrogens (tertiary/aromatic N) is 5. The Hall–Kier alpha value is -4.10. The highest BCUT2D eigenvalue weighted by Gasteiger charge is 2.34. The van der Waals surface area contributed by atoms with Crippen LogP contribution in [0, 0.1) is 5.82 Å². The number of pyridine rings is 2. The van der Waals surface area contributed by atoms with Crippen molar-refractivity contribution >= 4 is 26.8 Å². The van der Waals surface area contributed by atoms with Crippen molar-refractivity contribution in [3.63, 3.8) is 0 Å². The van der Waals surface area contributed by atoms with Crippen molar-refractivity contribution in [1.82, 2.24) is 23.9 Å². The smallest absolute Gasteiger partial charge is 0.369 e. The highest BCUT2D eigenvalue weighted by atomic mass is 79.9. The number of rotatable bonds is 7. The van der Waals surface area contributed by atoms with E-state index in [0.29, 0.717) is 0 Å². The van der Waals surface area contributed by atoms with Crippen molar-refractivity contribution in [2.24, 2.45) is 0 Å². The van der Waals surface area contributed by atoms with Crippen LogP contribution in [-0.4, -0.2) is 23.9 Å². The fourth-order valence-corrected chi connectivity index (χ4v) is 4.78. The van der Waals surface area contributed by atoms with Crippen LogP contribution < -0.4 is 11.2 Å². The lowest BCUT2D eigenvalue weighted by molar-refractivity contribution is -0.137. The molecule has 0 aliphatic rings. The van der Waals surface area contributed by atoms with Gasteiger partial charge in [-0.1, -0.05) is 42.5 Å². The van der Waals surface area contributed by atoms with Crippen LogP contribution in [0.4, 0.5) is 17.6 Å². The molecule has 2 aromatic carbocycles. The van der Waals surface area contributed by atoms with Crippen molar-refractivity contribution in [1.29, 1.82) is 0 Å². The molecule has 0 aliphatic carbocycles. The molecular weight excluding hydrogens is 598 g/mol. The number of halogens is 5. The molecule has 0 saturated carbocycles.